The van der Waals surface area contributed by atoms with Gasteiger partial charge in [0.2, 0.25) is 0 Å². The summed E-state index contributed by atoms with van der Waals surface area (Å²) in [6, 6.07) is 0. The van der Waals surface area contributed by atoms with Gasteiger partial charge < -0.3 is 0 Å². The highest BCUT2D eigenvalue weighted by Gasteiger charge is 2.50. The normalized spacial score (nSPS) is 12.5. The third-order valence-corrected chi connectivity index (χ3v) is 0.744. The Morgan fingerprint density at radius 2 is 1.18 bits per heavy atom. The molecule has 0 rings (SSSR count). The van der Waals surface area contributed by atoms with Crippen molar-refractivity contribution in [3.63, 3.8) is 0 Å². The maximum absolute atomic E-state index is 11.4. The average molecular weight is 176 g/mol. The molecule has 0 nitrogen and oxygen atoms in total. The molecule has 0 radical (unpaired) electrons. The van der Waals surface area contributed by atoms with E-state index in [9.17, 15) is 26.3 Å². The van der Waals surface area contributed by atoms with Crippen molar-refractivity contribution in [2.45, 2.75) is 12.4 Å². The van der Waals surface area contributed by atoms with Crippen LogP contribution in [0.2, 0.25) is 0 Å². The van der Waals surface area contributed by atoms with E-state index < -0.39 is 17.9 Å². The number of hydrogen-bond donors (Lipinski definition) is 0. The van der Waals surface area contributed by atoms with Crippen molar-refractivity contribution in [2.24, 2.45) is 0 Å². The number of hydrogen-bond acceptors (Lipinski definition) is 0. The molecule has 64 valence electrons. The molecule has 0 saturated carbocycles. The van der Waals surface area contributed by atoms with Crippen LogP contribution in [-0.2, 0) is 0 Å². The van der Waals surface area contributed by atoms with Crippen LogP contribution in [-0.4, -0.2) is 12.4 Å². The summed E-state index contributed by atoms with van der Waals surface area (Å²) in [5, 5.41) is 0. The van der Waals surface area contributed by atoms with Crippen molar-refractivity contribution in [1.82, 2.24) is 0 Å². The van der Waals surface area contributed by atoms with Gasteiger partial charge in [0.15, 0.2) is 5.57 Å². The van der Waals surface area contributed by atoms with E-state index in [0.717, 1.165) is 5.73 Å². The topological polar surface area (TPSA) is 0 Å². The van der Waals surface area contributed by atoms with E-state index in [2.05, 4.69) is 6.58 Å². The predicted octanol–water partition coefficient (Wildman–Crippen LogP) is 2.82. The summed E-state index contributed by atoms with van der Waals surface area (Å²) >= 11 is 0. The van der Waals surface area contributed by atoms with Crippen LogP contribution in [0.3, 0.4) is 0 Å². The molecule has 11 heavy (non-hydrogen) atoms. The number of rotatable bonds is 0. The fourth-order valence-corrected chi connectivity index (χ4v) is 0.361. The van der Waals surface area contributed by atoms with E-state index in [1.807, 2.05) is 0 Å². The highest BCUT2D eigenvalue weighted by atomic mass is 19.4. The molecule has 0 aromatic heterocycles. The fraction of sp³-hybridized carbons (Fsp3) is 0.400. The van der Waals surface area contributed by atoms with E-state index in [1.165, 1.54) is 0 Å². The van der Waals surface area contributed by atoms with Crippen LogP contribution in [0.15, 0.2) is 17.9 Å². The van der Waals surface area contributed by atoms with Gasteiger partial charge >= 0.3 is 12.4 Å². The first-order chi connectivity index (χ1) is 4.69. The molecule has 0 aliphatic heterocycles. The summed E-state index contributed by atoms with van der Waals surface area (Å²) in [4.78, 5) is 0. The van der Waals surface area contributed by atoms with Crippen LogP contribution < -0.4 is 0 Å². The largest absolute Gasteiger partial charge is 0.428 e. The SMILES string of the molecule is C=C=C(C(F)(F)F)C(F)(F)F. The molecular weight excluding hydrogens is 174 g/mol. The van der Waals surface area contributed by atoms with Crippen LogP contribution >= 0.6 is 0 Å². The minimum atomic E-state index is -5.43. The summed E-state index contributed by atoms with van der Waals surface area (Å²) < 4.78 is 68.1. The van der Waals surface area contributed by atoms with E-state index in [4.69, 9.17) is 0 Å². The van der Waals surface area contributed by atoms with Crippen LogP contribution in [0.5, 0.6) is 0 Å². The molecule has 0 unspecified atom stereocenters. The monoisotopic (exact) mass is 176 g/mol. The van der Waals surface area contributed by atoms with Gasteiger partial charge in [-0.05, 0) is 0 Å². The summed E-state index contributed by atoms with van der Waals surface area (Å²) in [5.41, 5.74) is -1.91. The van der Waals surface area contributed by atoms with Gasteiger partial charge in [-0.3, -0.25) is 0 Å². The summed E-state index contributed by atoms with van der Waals surface area (Å²) in [5.74, 6) is 0. The molecule has 0 bridgehead atoms. The second-order valence-corrected chi connectivity index (χ2v) is 1.55. The van der Waals surface area contributed by atoms with Crippen molar-refractivity contribution in [3.05, 3.63) is 17.9 Å². The van der Waals surface area contributed by atoms with Crippen molar-refractivity contribution in [3.8, 4) is 0 Å². The lowest BCUT2D eigenvalue weighted by Gasteiger charge is -2.11. The standard InChI is InChI=1S/C5H2F6/c1-2-3(4(6,7)8)5(9,10)11/h1H2. The molecule has 0 aromatic carbocycles. The minimum absolute atomic E-state index is 0.799. The molecule has 0 fully saturated rings. The van der Waals surface area contributed by atoms with Gasteiger partial charge in [-0.2, -0.15) is 26.3 Å². The predicted molar refractivity (Wildman–Crippen MR) is 24.8 cm³/mol. The zero-order valence-electron chi connectivity index (χ0n) is 4.97. The molecule has 6 heteroatoms. The van der Waals surface area contributed by atoms with Crippen LogP contribution in [0.25, 0.3) is 0 Å². The van der Waals surface area contributed by atoms with Crippen molar-refractivity contribution < 1.29 is 26.3 Å². The first kappa shape index (κ1) is 10.1. The molecule has 0 heterocycles. The molecule has 0 saturated heterocycles. The molecule has 0 aliphatic carbocycles. The molecular formula is C5H2F6. The Morgan fingerprint density at radius 1 is 0.909 bits per heavy atom. The van der Waals surface area contributed by atoms with E-state index >= 15 is 0 Å². The van der Waals surface area contributed by atoms with Gasteiger partial charge in [-0.25, -0.2) is 0 Å². The Balaban J connectivity index is 4.90. The second-order valence-electron chi connectivity index (χ2n) is 1.55. The number of halogens is 6. The van der Waals surface area contributed by atoms with Gasteiger partial charge in [0.25, 0.3) is 0 Å². The maximum atomic E-state index is 11.4. The lowest BCUT2D eigenvalue weighted by Crippen LogP contribution is -2.25. The maximum Gasteiger partial charge on any atom is 0.428 e. The second kappa shape index (κ2) is 2.62. The van der Waals surface area contributed by atoms with Gasteiger partial charge in [-0.1, -0.05) is 6.58 Å². The fourth-order valence-electron chi connectivity index (χ4n) is 0.361. The summed E-state index contributed by atoms with van der Waals surface area (Å²) in [7, 11) is 0. The highest BCUT2D eigenvalue weighted by Crippen LogP contribution is 2.37. The zero-order chi connectivity index (χ0) is 9.28. The molecule has 0 atom stereocenters. The molecule has 0 spiro atoms. The number of alkyl halides is 6. The molecule has 0 aliphatic rings. The third-order valence-electron chi connectivity index (χ3n) is 0.744. The van der Waals surface area contributed by atoms with Gasteiger partial charge in [0.05, 0.1) is 0 Å². The first-order valence-corrected chi connectivity index (χ1v) is 2.24. The van der Waals surface area contributed by atoms with Crippen LogP contribution in [0.1, 0.15) is 0 Å². The van der Waals surface area contributed by atoms with E-state index in [0.29, 0.717) is 0 Å². The molecule has 0 N–H and O–H groups in total. The Labute approximate surface area is 57.8 Å². The smallest absolute Gasteiger partial charge is 0.165 e. The lowest BCUT2D eigenvalue weighted by atomic mass is 10.3. The van der Waals surface area contributed by atoms with Crippen molar-refractivity contribution in [1.29, 1.82) is 0 Å². The Hall–Kier alpha value is -0.900. The Morgan fingerprint density at radius 3 is 1.18 bits per heavy atom. The van der Waals surface area contributed by atoms with Gasteiger partial charge in [-0.15, -0.1) is 5.73 Å². The molecule has 0 amide bonds. The van der Waals surface area contributed by atoms with E-state index in [-0.39, 0.29) is 0 Å². The summed E-state index contributed by atoms with van der Waals surface area (Å²) in [6.07, 6.45) is -10.9. The Bertz CT molecular complexity index is 172. The third kappa shape index (κ3) is 2.67. The van der Waals surface area contributed by atoms with Gasteiger partial charge in [0, 0.05) is 0 Å². The first-order valence-electron chi connectivity index (χ1n) is 2.24. The Kier molecular flexibility index (Phi) is 2.40. The zero-order valence-corrected chi connectivity index (χ0v) is 4.97. The van der Waals surface area contributed by atoms with Crippen LogP contribution in [0, 0.1) is 0 Å². The average Bonchev–Trinajstić information content (AvgIpc) is 1.56. The van der Waals surface area contributed by atoms with Gasteiger partial charge in [0.1, 0.15) is 0 Å². The lowest BCUT2D eigenvalue weighted by molar-refractivity contribution is -0.171. The summed E-state index contributed by atoms with van der Waals surface area (Å²) in [6.45, 7) is 2.29. The highest BCUT2D eigenvalue weighted by molar-refractivity contribution is 5.12. The minimum Gasteiger partial charge on any atom is -0.165 e. The van der Waals surface area contributed by atoms with E-state index in [1.54, 1.807) is 0 Å². The van der Waals surface area contributed by atoms with Crippen molar-refractivity contribution >= 4 is 0 Å². The number of allylic oxidation sites excluding steroid dienone is 1. The molecule has 0 aromatic rings. The quantitative estimate of drug-likeness (QED) is 0.393. The van der Waals surface area contributed by atoms with Crippen LogP contribution in [0.4, 0.5) is 26.3 Å². The van der Waals surface area contributed by atoms with Crippen molar-refractivity contribution in [2.75, 3.05) is 0 Å².